The second-order valence-electron chi connectivity index (χ2n) is 1.91. The van der Waals surface area contributed by atoms with Crippen molar-refractivity contribution in [3.63, 3.8) is 0 Å². The third-order valence-corrected chi connectivity index (χ3v) is 1.30. The van der Waals surface area contributed by atoms with Gasteiger partial charge in [-0.3, -0.25) is 9.26 Å². The SMILES string of the molecule is F.O=C(O)C(F)(OS(=O)(=O)O)C(F)(F)F. The van der Waals surface area contributed by atoms with Gasteiger partial charge < -0.3 is 5.11 Å². The van der Waals surface area contributed by atoms with E-state index in [1.807, 2.05) is 0 Å². The van der Waals surface area contributed by atoms with E-state index in [1.165, 1.54) is 0 Å². The zero-order valence-electron chi connectivity index (χ0n) is 6.36. The van der Waals surface area contributed by atoms with Crippen LogP contribution in [0.5, 0.6) is 0 Å². The van der Waals surface area contributed by atoms with E-state index in [9.17, 15) is 30.8 Å². The van der Waals surface area contributed by atoms with E-state index in [0.29, 0.717) is 0 Å². The summed E-state index contributed by atoms with van der Waals surface area (Å²) in [6.07, 6.45) is -6.14. The molecule has 0 aliphatic carbocycles. The number of hydrogen-bond acceptors (Lipinski definition) is 4. The van der Waals surface area contributed by atoms with Gasteiger partial charge in [0.1, 0.15) is 0 Å². The zero-order chi connectivity index (χ0) is 11.8. The molecule has 0 aliphatic rings. The Morgan fingerprint density at radius 1 is 1.20 bits per heavy atom. The van der Waals surface area contributed by atoms with Gasteiger partial charge in [0.25, 0.3) is 0 Å². The van der Waals surface area contributed by atoms with Crippen LogP contribution in [0.15, 0.2) is 0 Å². The number of alkyl halides is 4. The molecule has 0 aromatic rings. The molecule has 0 saturated carbocycles. The Bertz CT molecular complexity index is 333. The van der Waals surface area contributed by atoms with Crippen LogP contribution in [0, 0.1) is 0 Å². The van der Waals surface area contributed by atoms with Crippen LogP contribution < -0.4 is 0 Å². The molecule has 0 rings (SSSR count). The summed E-state index contributed by atoms with van der Waals surface area (Å²) in [5.41, 5.74) is 0. The fraction of sp³-hybridized carbons (Fsp3) is 0.667. The average Bonchev–Trinajstić information content (AvgIpc) is 1.79. The Balaban J connectivity index is 0. The first-order valence-corrected chi connectivity index (χ1v) is 3.94. The van der Waals surface area contributed by atoms with Gasteiger partial charge in [0.2, 0.25) is 0 Å². The largest absolute Gasteiger partial charge is 0.477 e. The molecule has 1 unspecified atom stereocenters. The van der Waals surface area contributed by atoms with Gasteiger partial charge in [0.15, 0.2) is 0 Å². The van der Waals surface area contributed by atoms with Crippen molar-refractivity contribution >= 4 is 16.4 Å². The summed E-state index contributed by atoms with van der Waals surface area (Å²) in [6, 6.07) is 0. The number of carboxylic acid groups (broad SMARTS) is 1. The van der Waals surface area contributed by atoms with Crippen LogP contribution in [0.25, 0.3) is 0 Å². The van der Waals surface area contributed by atoms with Crippen molar-refractivity contribution in [1.82, 2.24) is 0 Å². The fourth-order valence-electron chi connectivity index (χ4n) is 0.349. The molecule has 6 nitrogen and oxygen atoms in total. The maximum atomic E-state index is 12.4. The Labute approximate surface area is 78.8 Å². The monoisotopic (exact) mass is 262 g/mol. The Morgan fingerprint density at radius 2 is 1.53 bits per heavy atom. The summed E-state index contributed by atoms with van der Waals surface area (Å²) in [5, 5.41) is 7.74. The zero-order valence-corrected chi connectivity index (χ0v) is 7.17. The summed E-state index contributed by atoms with van der Waals surface area (Å²) in [5.74, 6) is -8.75. The topological polar surface area (TPSA) is 101 Å². The van der Waals surface area contributed by atoms with Crippen LogP contribution in [0.2, 0.25) is 0 Å². The van der Waals surface area contributed by atoms with E-state index in [-0.39, 0.29) is 4.70 Å². The normalized spacial score (nSPS) is 16.3. The molecule has 0 heterocycles. The highest BCUT2D eigenvalue weighted by Crippen LogP contribution is 2.36. The van der Waals surface area contributed by atoms with Crippen LogP contribution >= 0.6 is 0 Å². The van der Waals surface area contributed by atoms with E-state index in [2.05, 4.69) is 4.18 Å². The van der Waals surface area contributed by atoms with Gasteiger partial charge in [-0.1, -0.05) is 0 Å². The van der Waals surface area contributed by atoms with Gasteiger partial charge >= 0.3 is 28.4 Å². The maximum absolute atomic E-state index is 12.4. The maximum Gasteiger partial charge on any atom is 0.461 e. The van der Waals surface area contributed by atoms with Gasteiger partial charge in [-0.05, 0) is 0 Å². The quantitative estimate of drug-likeness (QED) is 0.559. The Morgan fingerprint density at radius 3 is 1.60 bits per heavy atom. The predicted molar refractivity (Wildman–Crippen MR) is 32.7 cm³/mol. The molecule has 12 heteroatoms. The van der Waals surface area contributed by atoms with Gasteiger partial charge in [-0.25, -0.2) is 4.79 Å². The summed E-state index contributed by atoms with van der Waals surface area (Å²) in [6.45, 7) is 0. The van der Waals surface area contributed by atoms with Crippen LogP contribution in [-0.4, -0.2) is 36.1 Å². The van der Waals surface area contributed by atoms with Crippen molar-refractivity contribution in [2.24, 2.45) is 0 Å². The molecule has 0 aromatic carbocycles. The van der Waals surface area contributed by atoms with Gasteiger partial charge in [0, 0.05) is 0 Å². The van der Waals surface area contributed by atoms with Crippen LogP contribution in [-0.2, 0) is 19.4 Å². The molecule has 0 bridgehead atoms. The Kier molecular flexibility index (Phi) is 4.64. The summed E-state index contributed by atoms with van der Waals surface area (Å²) >= 11 is 0. The number of rotatable bonds is 3. The highest BCUT2D eigenvalue weighted by atomic mass is 32.3. The molecule has 0 amide bonds. The number of halogens is 5. The smallest absolute Gasteiger partial charge is 0.461 e. The van der Waals surface area contributed by atoms with Gasteiger partial charge in [-0.15, -0.1) is 0 Å². The lowest BCUT2D eigenvalue weighted by Gasteiger charge is -2.20. The number of aliphatic carboxylic acids is 1. The summed E-state index contributed by atoms with van der Waals surface area (Å²) in [4.78, 5) is 9.75. The van der Waals surface area contributed by atoms with E-state index in [0.717, 1.165) is 0 Å². The van der Waals surface area contributed by atoms with Gasteiger partial charge in [-0.2, -0.15) is 30.2 Å². The molecule has 0 radical (unpaired) electrons. The molecule has 0 spiro atoms. The first-order valence-electron chi connectivity index (χ1n) is 2.57. The fourth-order valence-corrected chi connectivity index (χ4v) is 0.805. The number of carbonyl (C=O) groups is 1. The predicted octanol–water partition coefficient (Wildman–Crippen LogP) is 0.271. The molecule has 1 atom stereocenters. The minimum Gasteiger partial charge on any atom is -0.477 e. The van der Waals surface area contributed by atoms with E-state index >= 15 is 0 Å². The van der Waals surface area contributed by atoms with E-state index < -0.39 is 28.4 Å². The number of hydrogen-bond donors (Lipinski definition) is 2. The van der Waals surface area contributed by atoms with E-state index in [4.69, 9.17) is 9.66 Å². The summed E-state index contributed by atoms with van der Waals surface area (Å²) in [7, 11) is -5.89. The first-order chi connectivity index (χ1) is 5.90. The average molecular weight is 262 g/mol. The van der Waals surface area contributed by atoms with Crippen molar-refractivity contribution in [3.05, 3.63) is 0 Å². The third kappa shape index (κ3) is 3.93. The molecule has 0 fully saturated rings. The molecular weight excluding hydrogens is 259 g/mol. The van der Waals surface area contributed by atoms with Crippen molar-refractivity contribution in [1.29, 1.82) is 0 Å². The van der Waals surface area contributed by atoms with Crippen molar-refractivity contribution in [3.8, 4) is 0 Å². The molecular formula is C3H3F5O6S. The lowest BCUT2D eigenvalue weighted by molar-refractivity contribution is -0.295. The molecule has 0 aliphatic heterocycles. The molecule has 15 heavy (non-hydrogen) atoms. The molecule has 2 N–H and O–H groups in total. The molecule has 0 aromatic heterocycles. The minimum atomic E-state index is -6.14. The molecule has 92 valence electrons. The van der Waals surface area contributed by atoms with Crippen molar-refractivity contribution in [2.75, 3.05) is 0 Å². The third-order valence-electron chi connectivity index (χ3n) is 0.860. The van der Waals surface area contributed by atoms with Gasteiger partial charge in [0.05, 0.1) is 0 Å². The van der Waals surface area contributed by atoms with Crippen molar-refractivity contribution in [2.45, 2.75) is 12.0 Å². The standard InChI is InChI=1S/C3H2F4O6S.FH/c4-2(1(8)9,3(5,6)7)13-14(10,11)12;/h(H,8,9)(H,10,11,12);1H. The highest BCUT2D eigenvalue weighted by Gasteiger charge is 2.67. The van der Waals surface area contributed by atoms with Crippen LogP contribution in [0.1, 0.15) is 0 Å². The second-order valence-corrected chi connectivity index (χ2v) is 2.93. The van der Waals surface area contributed by atoms with Crippen molar-refractivity contribution < 1.29 is 49.3 Å². The Hall–Kier alpha value is -1.01. The lowest BCUT2D eigenvalue weighted by Crippen LogP contribution is -2.51. The van der Waals surface area contributed by atoms with Crippen LogP contribution in [0.4, 0.5) is 22.3 Å². The number of carboxylic acids is 1. The summed E-state index contributed by atoms with van der Waals surface area (Å²) < 4.78 is 76.9. The minimum absolute atomic E-state index is 0. The van der Waals surface area contributed by atoms with Crippen LogP contribution in [0.3, 0.4) is 0 Å². The highest BCUT2D eigenvalue weighted by molar-refractivity contribution is 7.81. The molecule has 0 saturated heterocycles. The second kappa shape index (κ2) is 4.24. The lowest BCUT2D eigenvalue weighted by atomic mass is 10.3. The van der Waals surface area contributed by atoms with E-state index in [1.54, 1.807) is 0 Å². The first kappa shape index (κ1) is 16.4.